The zero-order valence-electron chi connectivity index (χ0n) is 12.9. The lowest BCUT2D eigenvalue weighted by molar-refractivity contribution is 0.122. The second-order valence-electron chi connectivity index (χ2n) is 5.20. The molecule has 2 aromatic rings. The van der Waals surface area contributed by atoms with Crippen molar-refractivity contribution in [2.45, 2.75) is 11.4 Å². The summed E-state index contributed by atoms with van der Waals surface area (Å²) in [4.78, 5) is 10.9. The fourth-order valence-electron chi connectivity index (χ4n) is 2.31. The predicted molar refractivity (Wildman–Crippen MR) is 93.2 cm³/mol. The Morgan fingerprint density at radius 2 is 1.96 bits per heavy atom. The first kappa shape index (κ1) is 17.3. The molecule has 2 heterocycles. The second kappa shape index (κ2) is 7.56. The van der Waals surface area contributed by atoms with E-state index in [9.17, 15) is 8.42 Å². The molecule has 0 atom stereocenters. The Balaban J connectivity index is 1.71. The molecule has 0 radical (unpaired) electrons. The van der Waals surface area contributed by atoms with E-state index in [-0.39, 0.29) is 11.4 Å². The Hall–Kier alpha value is -1.55. The SMILES string of the molecule is O=S(=O)(NCc1ccnc(N2CCOCC2)n1)c1ccccc1Br. The molecule has 1 saturated heterocycles. The molecule has 24 heavy (non-hydrogen) atoms. The molecular formula is C15H17BrN4O3S. The van der Waals surface area contributed by atoms with Gasteiger partial charge in [0, 0.05) is 23.8 Å². The van der Waals surface area contributed by atoms with Crippen molar-refractivity contribution in [1.82, 2.24) is 14.7 Å². The summed E-state index contributed by atoms with van der Waals surface area (Å²) < 4.78 is 33.2. The summed E-state index contributed by atoms with van der Waals surface area (Å²) in [5.41, 5.74) is 0.613. The summed E-state index contributed by atoms with van der Waals surface area (Å²) in [6.45, 7) is 2.84. The monoisotopic (exact) mass is 412 g/mol. The lowest BCUT2D eigenvalue weighted by Crippen LogP contribution is -2.37. The van der Waals surface area contributed by atoms with Crippen LogP contribution in [0, 0.1) is 0 Å². The second-order valence-corrected chi connectivity index (χ2v) is 7.79. The van der Waals surface area contributed by atoms with Crippen LogP contribution in [0.2, 0.25) is 0 Å². The fraction of sp³-hybridized carbons (Fsp3) is 0.333. The van der Waals surface area contributed by atoms with Gasteiger partial charge >= 0.3 is 0 Å². The molecule has 3 rings (SSSR count). The van der Waals surface area contributed by atoms with Crippen molar-refractivity contribution in [3.05, 3.63) is 46.7 Å². The molecule has 1 aromatic heterocycles. The van der Waals surface area contributed by atoms with Crippen LogP contribution in [0.25, 0.3) is 0 Å². The average Bonchev–Trinajstić information content (AvgIpc) is 2.61. The molecule has 1 aliphatic heterocycles. The van der Waals surface area contributed by atoms with Gasteiger partial charge in [-0.3, -0.25) is 0 Å². The highest BCUT2D eigenvalue weighted by atomic mass is 79.9. The minimum Gasteiger partial charge on any atom is -0.378 e. The van der Waals surface area contributed by atoms with Gasteiger partial charge in [0.15, 0.2) is 0 Å². The van der Waals surface area contributed by atoms with Crippen molar-refractivity contribution in [2.24, 2.45) is 0 Å². The molecule has 0 unspecified atom stereocenters. The van der Waals surface area contributed by atoms with Crippen molar-refractivity contribution >= 4 is 31.9 Å². The molecule has 128 valence electrons. The molecule has 0 spiro atoms. The maximum atomic E-state index is 12.4. The molecule has 1 N–H and O–H groups in total. The fourth-order valence-corrected chi connectivity index (χ4v) is 4.31. The number of sulfonamides is 1. The largest absolute Gasteiger partial charge is 0.378 e. The molecule has 1 aliphatic rings. The first-order valence-corrected chi connectivity index (χ1v) is 9.73. The third kappa shape index (κ3) is 4.10. The highest BCUT2D eigenvalue weighted by molar-refractivity contribution is 9.10. The van der Waals surface area contributed by atoms with Gasteiger partial charge in [-0.2, -0.15) is 0 Å². The molecule has 0 saturated carbocycles. The van der Waals surface area contributed by atoms with Gasteiger partial charge in [0.2, 0.25) is 16.0 Å². The van der Waals surface area contributed by atoms with Gasteiger partial charge in [-0.05, 0) is 34.1 Å². The lowest BCUT2D eigenvalue weighted by Gasteiger charge is -2.26. The van der Waals surface area contributed by atoms with Gasteiger partial charge in [0.25, 0.3) is 0 Å². The van der Waals surface area contributed by atoms with Gasteiger partial charge < -0.3 is 9.64 Å². The van der Waals surface area contributed by atoms with Gasteiger partial charge in [-0.25, -0.2) is 23.1 Å². The van der Waals surface area contributed by atoms with Gasteiger partial charge in [-0.15, -0.1) is 0 Å². The number of morpholine rings is 1. The summed E-state index contributed by atoms with van der Waals surface area (Å²) in [5.74, 6) is 0.593. The minimum absolute atomic E-state index is 0.101. The van der Waals surface area contributed by atoms with Crippen LogP contribution in [0.5, 0.6) is 0 Å². The normalized spacial score (nSPS) is 15.5. The van der Waals surface area contributed by atoms with Crippen molar-refractivity contribution in [3.8, 4) is 0 Å². The van der Waals surface area contributed by atoms with Crippen LogP contribution in [0.1, 0.15) is 5.69 Å². The molecule has 0 amide bonds. The maximum Gasteiger partial charge on any atom is 0.242 e. The number of ether oxygens (including phenoxy) is 1. The van der Waals surface area contributed by atoms with E-state index >= 15 is 0 Å². The summed E-state index contributed by atoms with van der Waals surface area (Å²) in [6, 6.07) is 8.39. The quantitative estimate of drug-likeness (QED) is 0.801. The third-order valence-electron chi connectivity index (χ3n) is 3.56. The summed E-state index contributed by atoms with van der Waals surface area (Å²) in [6.07, 6.45) is 1.64. The standard InChI is InChI=1S/C15H17BrN4O3S/c16-13-3-1-2-4-14(13)24(21,22)18-11-12-5-6-17-15(19-12)20-7-9-23-10-8-20/h1-6,18H,7-11H2. The predicted octanol–water partition coefficient (Wildman–Crippen LogP) is 1.55. The van der Waals surface area contributed by atoms with Crippen LogP contribution >= 0.6 is 15.9 Å². The van der Waals surface area contributed by atoms with Crippen LogP contribution in [0.15, 0.2) is 45.9 Å². The Morgan fingerprint density at radius 3 is 2.71 bits per heavy atom. The molecule has 0 aliphatic carbocycles. The zero-order chi connectivity index (χ0) is 17.0. The molecule has 1 fully saturated rings. The highest BCUT2D eigenvalue weighted by Crippen LogP contribution is 2.21. The number of halogens is 1. The molecule has 7 nitrogen and oxygen atoms in total. The topological polar surface area (TPSA) is 84.4 Å². The van der Waals surface area contributed by atoms with Crippen molar-refractivity contribution < 1.29 is 13.2 Å². The Morgan fingerprint density at radius 1 is 1.21 bits per heavy atom. The van der Waals surface area contributed by atoms with E-state index in [1.54, 1.807) is 36.5 Å². The number of benzene rings is 1. The minimum atomic E-state index is -3.62. The van der Waals surface area contributed by atoms with Crippen molar-refractivity contribution in [1.29, 1.82) is 0 Å². The Bertz CT molecular complexity index is 810. The van der Waals surface area contributed by atoms with Crippen molar-refractivity contribution in [2.75, 3.05) is 31.2 Å². The van der Waals surface area contributed by atoms with E-state index in [0.29, 0.717) is 29.3 Å². The number of nitrogens with one attached hydrogen (secondary N) is 1. The number of nitrogens with zero attached hydrogens (tertiary/aromatic N) is 3. The number of aromatic nitrogens is 2. The Kier molecular flexibility index (Phi) is 5.44. The van der Waals surface area contributed by atoms with E-state index in [2.05, 4.69) is 30.6 Å². The summed E-state index contributed by atoms with van der Waals surface area (Å²) >= 11 is 3.26. The van der Waals surface area contributed by atoms with Crippen LogP contribution < -0.4 is 9.62 Å². The smallest absolute Gasteiger partial charge is 0.242 e. The first-order valence-electron chi connectivity index (χ1n) is 7.45. The van der Waals surface area contributed by atoms with Gasteiger partial charge in [-0.1, -0.05) is 12.1 Å². The average molecular weight is 413 g/mol. The molecule has 1 aromatic carbocycles. The van der Waals surface area contributed by atoms with Crippen LogP contribution in [0.3, 0.4) is 0 Å². The van der Waals surface area contributed by atoms with Crippen molar-refractivity contribution in [3.63, 3.8) is 0 Å². The van der Waals surface area contributed by atoms with E-state index in [0.717, 1.165) is 13.1 Å². The maximum absolute atomic E-state index is 12.4. The molecule has 9 heteroatoms. The molecule has 0 bridgehead atoms. The van der Waals surface area contributed by atoms with Crippen LogP contribution in [0.4, 0.5) is 5.95 Å². The number of hydrogen-bond acceptors (Lipinski definition) is 6. The highest BCUT2D eigenvalue weighted by Gasteiger charge is 2.18. The third-order valence-corrected chi connectivity index (χ3v) is 5.98. The van der Waals surface area contributed by atoms with E-state index in [4.69, 9.17) is 4.74 Å². The summed E-state index contributed by atoms with van der Waals surface area (Å²) in [5, 5.41) is 0. The van der Waals surface area contributed by atoms with Crippen LogP contribution in [-0.2, 0) is 21.3 Å². The zero-order valence-corrected chi connectivity index (χ0v) is 15.3. The van der Waals surface area contributed by atoms with Gasteiger partial charge in [0.05, 0.1) is 30.3 Å². The van der Waals surface area contributed by atoms with E-state index in [1.807, 2.05) is 4.90 Å². The molecular weight excluding hydrogens is 396 g/mol. The number of hydrogen-bond donors (Lipinski definition) is 1. The van der Waals surface area contributed by atoms with E-state index < -0.39 is 10.0 Å². The summed E-state index contributed by atoms with van der Waals surface area (Å²) in [7, 11) is -3.62. The van der Waals surface area contributed by atoms with E-state index in [1.165, 1.54) is 0 Å². The number of anilines is 1. The van der Waals surface area contributed by atoms with Gasteiger partial charge in [0.1, 0.15) is 0 Å². The number of rotatable bonds is 5. The van der Waals surface area contributed by atoms with Crippen LogP contribution in [-0.4, -0.2) is 44.7 Å². The lowest BCUT2D eigenvalue weighted by atomic mass is 10.4. The Labute approximate surface area is 149 Å². The first-order chi connectivity index (χ1) is 11.6.